The number of carbonyl (C=O) groups excluding carboxylic acids is 2. The van der Waals surface area contributed by atoms with Crippen LogP contribution in [-0.2, 0) is 11.3 Å². The molecule has 6 nitrogen and oxygen atoms in total. The molecule has 0 aliphatic rings. The van der Waals surface area contributed by atoms with Crippen molar-refractivity contribution in [1.82, 2.24) is 9.78 Å². The molecule has 0 fully saturated rings. The minimum Gasteiger partial charge on any atom is -0.495 e. The van der Waals surface area contributed by atoms with Crippen LogP contribution in [0.1, 0.15) is 59.7 Å². The Hall–Kier alpha value is -2.86. The summed E-state index contributed by atoms with van der Waals surface area (Å²) in [5.41, 5.74) is 1.85. The normalized spacial score (nSPS) is 12.0. The van der Waals surface area contributed by atoms with Gasteiger partial charge in [-0.3, -0.25) is 9.48 Å². The number of ketones is 1. The number of hydrogen-bond acceptors (Lipinski definition) is 5. The Morgan fingerprint density at radius 1 is 1.09 bits per heavy atom. The molecule has 0 saturated carbocycles. The quantitative estimate of drug-likeness (QED) is 0.263. The van der Waals surface area contributed by atoms with Crippen molar-refractivity contribution in [2.24, 2.45) is 5.92 Å². The molecule has 0 aliphatic heterocycles. The number of benzene rings is 2. The van der Waals surface area contributed by atoms with E-state index in [0.29, 0.717) is 34.2 Å². The van der Waals surface area contributed by atoms with Gasteiger partial charge in [0.05, 0.1) is 25.1 Å². The summed E-state index contributed by atoms with van der Waals surface area (Å²) in [4.78, 5) is 24.5. The van der Waals surface area contributed by atoms with Gasteiger partial charge >= 0.3 is 5.97 Å². The van der Waals surface area contributed by atoms with Crippen LogP contribution in [0.25, 0.3) is 10.9 Å². The average Bonchev–Trinajstić information content (AvgIpc) is 3.20. The second kappa shape index (κ2) is 11.1. The van der Waals surface area contributed by atoms with Gasteiger partial charge in [0.25, 0.3) is 0 Å². The highest BCUT2D eigenvalue weighted by Gasteiger charge is 2.19. The van der Waals surface area contributed by atoms with E-state index in [4.69, 9.17) is 21.1 Å². The van der Waals surface area contributed by atoms with Crippen LogP contribution < -0.4 is 4.74 Å². The molecule has 3 aromatic rings. The highest BCUT2D eigenvalue weighted by atomic mass is 35.5. The number of methoxy groups -OCH3 is 2. The van der Waals surface area contributed by atoms with Crippen LogP contribution in [0.2, 0.25) is 5.02 Å². The van der Waals surface area contributed by atoms with Crippen LogP contribution in [0.5, 0.6) is 5.75 Å². The van der Waals surface area contributed by atoms with Gasteiger partial charge in [-0.05, 0) is 61.6 Å². The van der Waals surface area contributed by atoms with Gasteiger partial charge in [-0.1, -0.05) is 24.9 Å². The second-order valence-corrected chi connectivity index (χ2v) is 8.34. The van der Waals surface area contributed by atoms with E-state index in [1.165, 1.54) is 14.2 Å². The molecular formula is C25H29ClN2O4. The summed E-state index contributed by atoms with van der Waals surface area (Å²) >= 11 is 5.90. The fourth-order valence-electron chi connectivity index (χ4n) is 4.03. The van der Waals surface area contributed by atoms with Crippen LogP contribution in [0.4, 0.5) is 0 Å². The number of carbonyl (C=O) groups is 2. The van der Waals surface area contributed by atoms with Crippen LogP contribution in [0.3, 0.4) is 0 Å². The van der Waals surface area contributed by atoms with Gasteiger partial charge in [0, 0.05) is 29.7 Å². The zero-order chi connectivity index (χ0) is 23.1. The Morgan fingerprint density at radius 2 is 1.84 bits per heavy atom. The number of rotatable bonds is 11. The lowest BCUT2D eigenvalue weighted by Gasteiger charge is -2.16. The van der Waals surface area contributed by atoms with Crippen LogP contribution >= 0.6 is 11.6 Å². The summed E-state index contributed by atoms with van der Waals surface area (Å²) in [5, 5.41) is 6.09. The van der Waals surface area contributed by atoms with E-state index in [1.54, 1.807) is 36.4 Å². The molecule has 170 valence electrons. The van der Waals surface area contributed by atoms with Crippen molar-refractivity contribution in [3.8, 4) is 5.75 Å². The zero-order valence-corrected chi connectivity index (χ0v) is 19.5. The number of aromatic nitrogens is 2. The highest BCUT2D eigenvalue weighted by Crippen LogP contribution is 2.30. The summed E-state index contributed by atoms with van der Waals surface area (Å²) in [7, 11) is 2.89. The molecule has 0 amide bonds. The van der Waals surface area contributed by atoms with Gasteiger partial charge in [-0.2, -0.15) is 5.10 Å². The highest BCUT2D eigenvalue weighted by molar-refractivity contribution is 6.30. The first-order chi connectivity index (χ1) is 15.5. The molecule has 1 atom stereocenters. The van der Waals surface area contributed by atoms with E-state index in [1.807, 2.05) is 10.9 Å². The lowest BCUT2D eigenvalue weighted by Crippen LogP contribution is -2.12. The van der Waals surface area contributed by atoms with Crippen molar-refractivity contribution >= 4 is 34.3 Å². The van der Waals surface area contributed by atoms with Gasteiger partial charge in [0.1, 0.15) is 11.3 Å². The Balaban J connectivity index is 1.67. The summed E-state index contributed by atoms with van der Waals surface area (Å²) in [5.74, 6) is 0.576. The molecule has 1 heterocycles. The van der Waals surface area contributed by atoms with E-state index in [-0.39, 0.29) is 5.78 Å². The van der Waals surface area contributed by atoms with E-state index < -0.39 is 5.97 Å². The molecule has 0 radical (unpaired) electrons. The zero-order valence-electron chi connectivity index (χ0n) is 18.8. The molecule has 3 rings (SSSR count). The van der Waals surface area contributed by atoms with Crippen molar-refractivity contribution in [2.45, 2.75) is 45.6 Å². The Morgan fingerprint density at radius 3 is 2.50 bits per heavy atom. The first-order valence-electron chi connectivity index (χ1n) is 10.9. The van der Waals surface area contributed by atoms with Crippen LogP contribution in [0, 0.1) is 5.92 Å². The molecule has 1 unspecified atom stereocenters. The molecule has 0 bridgehead atoms. The SMILES string of the molecule is CCCC(CCCC(=O)c1ccc(Cl)cc1)Cn1cc2c(OC)c(C(=O)OC)ccc2n1. The van der Waals surface area contributed by atoms with E-state index in [9.17, 15) is 9.59 Å². The molecule has 1 aromatic heterocycles. The van der Waals surface area contributed by atoms with Crippen LogP contribution in [0.15, 0.2) is 42.6 Å². The fourth-order valence-corrected chi connectivity index (χ4v) is 4.16. The third-order valence-corrected chi connectivity index (χ3v) is 5.87. The Kier molecular flexibility index (Phi) is 8.28. The van der Waals surface area contributed by atoms with E-state index in [0.717, 1.165) is 43.1 Å². The van der Waals surface area contributed by atoms with Crippen LogP contribution in [-0.4, -0.2) is 35.8 Å². The lowest BCUT2D eigenvalue weighted by molar-refractivity contribution is 0.0597. The maximum absolute atomic E-state index is 12.4. The van der Waals surface area contributed by atoms with Crippen molar-refractivity contribution < 1.29 is 19.1 Å². The summed E-state index contributed by atoms with van der Waals surface area (Å²) in [6, 6.07) is 10.5. The standard InChI is InChI=1S/C25H29ClN2O4/c1-4-6-17(7-5-8-23(29)18-9-11-19(26)12-10-18)15-28-16-21-22(27-28)14-13-20(24(21)31-2)25(30)32-3/h9-14,16-17H,4-8,15H2,1-3H3. The second-order valence-electron chi connectivity index (χ2n) is 7.90. The Labute approximate surface area is 193 Å². The number of fused-ring (bicyclic) bond motifs is 1. The van der Waals surface area contributed by atoms with Crippen molar-refractivity contribution in [3.05, 3.63) is 58.7 Å². The number of hydrogen-bond donors (Lipinski definition) is 0. The van der Waals surface area contributed by atoms with Crippen molar-refractivity contribution in [1.29, 1.82) is 0 Å². The van der Waals surface area contributed by atoms with Gasteiger partial charge < -0.3 is 9.47 Å². The molecule has 0 spiro atoms. The molecule has 0 aliphatic carbocycles. The number of nitrogens with zero attached hydrogens (tertiary/aromatic N) is 2. The first-order valence-corrected chi connectivity index (χ1v) is 11.3. The number of esters is 1. The topological polar surface area (TPSA) is 70.4 Å². The molecule has 7 heteroatoms. The maximum Gasteiger partial charge on any atom is 0.341 e. The molecule has 32 heavy (non-hydrogen) atoms. The van der Waals surface area contributed by atoms with Gasteiger partial charge in [-0.25, -0.2) is 4.79 Å². The predicted molar refractivity (Wildman–Crippen MR) is 126 cm³/mol. The van der Waals surface area contributed by atoms with E-state index >= 15 is 0 Å². The third kappa shape index (κ3) is 5.68. The fraction of sp³-hybridized carbons (Fsp3) is 0.400. The maximum atomic E-state index is 12.4. The minimum atomic E-state index is -0.439. The molecule has 2 aromatic carbocycles. The molecule has 0 N–H and O–H groups in total. The summed E-state index contributed by atoms with van der Waals surface area (Å²) in [6.07, 6.45) is 6.31. The third-order valence-electron chi connectivity index (χ3n) is 5.62. The largest absolute Gasteiger partial charge is 0.495 e. The number of halogens is 1. The monoisotopic (exact) mass is 456 g/mol. The lowest BCUT2D eigenvalue weighted by atomic mass is 9.95. The van der Waals surface area contributed by atoms with Crippen molar-refractivity contribution in [3.63, 3.8) is 0 Å². The van der Waals surface area contributed by atoms with Crippen molar-refractivity contribution in [2.75, 3.05) is 14.2 Å². The van der Waals surface area contributed by atoms with Gasteiger partial charge in [0.15, 0.2) is 5.78 Å². The average molecular weight is 457 g/mol. The van der Waals surface area contributed by atoms with E-state index in [2.05, 4.69) is 12.0 Å². The molecular weight excluding hydrogens is 428 g/mol. The number of ether oxygens (including phenoxy) is 2. The summed E-state index contributed by atoms with van der Waals surface area (Å²) < 4.78 is 12.3. The van der Waals surface area contributed by atoms with Gasteiger partial charge in [-0.15, -0.1) is 0 Å². The predicted octanol–water partition coefficient (Wildman–Crippen LogP) is 5.95. The molecule has 0 saturated heterocycles. The first kappa shape index (κ1) is 23.8. The smallest absolute Gasteiger partial charge is 0.341 e. The van der Waals surface area contributed by atoms with Gasteiger partial charge in [0.2, 0.25) is 0 Å². The minimum absolute atomic E-state index is 0.141. The number of Topliss-reactive ketones (excluding diaryl/α,β-unsaturated/α-hetero) is 1. The Bertz CT molecular complexity index is 1080. The summed E-state index contributed by atoms with van der Waals surface area (Å²) in [6.45, 7) is 2.91.